The van der Waals surface area contributed by atoms with Crippen molar-refractivity contribution in [3.8, 4) is 56.8 Å². The largest absolute Gasteiger partial charge is 0.491 e. The molecular formula is C70H72N4O12. The fourth-order valence-electron chi connectivity index (χ4n) is 9.82. The second-order valence-corrected chi connectivity index (χ2v) is 20.5. The van der Waals surface area contributed by atoms with Crippen molar-refractivity contribution in [3.05, 3.63) is 181 Å². The molecule has 0 unspecified atom stereocenters. The van der Waals surface area contributed by atoms with Gasteiger partial charge in [0.15, 0.2) is 0 Å². The molecule has 0 radical (unpaired) electrons. The number of pyridine rings is 4. The van der Waals surface area contributed by atoms with Gasteiger partial charge in [-0.05, 0) is 103 Å². The van der Waals surface area contributed by atoms with Crippen molar-refractivity contribution in [3.63, 3.8) is 0 Å². The van der Waals surface area contributed by atoms with Crippen molar-refractivity contribution in [1.82, 2.24) is 19.9 Å². The van der Waals surface area contributed by atoms with Crippen LogP contribution in [0, 0.1) is 6.92 Å². The Kier molecular flexibility index (Phi) is 21.7. The van der Waals surface area contributed by atoms with E-state index in [1.165, 1.54) is 5.56 Å². The Morgan fingerprint density at radius 2 is 0.756 bits per heavy atom. The van der Waals surface area contributed by atoms with Gasteiger partial charge in [0, 0.05) is 50.4 Å². The number of hydrogen-bond acceptors (Lipinski definition) is 16. The van der Waals surface area contributed by atoms with Crippen LogP contribution >= 0.6 is 0 Å². The van der Waals surface area contributed by atoms with Gasteiger partial charge in [-0.25, -0.2) is 15.0 Å². The van der Waals surface area contributed by atoms with E-state index in [1.807, 2.05) is 84.9 Å². The Bertz CT molecular complexity index is 3760. The monoisotopic (exact) mass is 1160 g/mol. The molecule has 0 saturated carbocycles. The summed E-state index contributed by atoms with van der Waals surface area (Å²) in [5.41, 5.74) is 11.5. The smallest absolute Gasteiger partial charge is 0.128 e. The quantitative estimate of drug-likeness (QED) is 0.0555. The van der Waals surface area contributed by atoms with Crippen LogP contribution in [0.3, 0.4) is 0 Å². The standard InChI is InChI=1S/C70H72N4O12/c1-50-2-18-59(19-3-50)83-44-40-79-36-32-75-28-29-76-34-38-81-42-46-85-61-22-11-52(12-23-61)63-24-13-55-8-9-56-15-26-65(74-70(56)69(55)72-63)62-49-57-16-27-66(62)86-47-43-82-39-35-78-31-30-77-33-37-80-41-45-84-60-20-4-51(5-21-60)48-58-17-10-53-6-7-54-14-25-64(57)73-68(54)67(53)71-58/h2-27,49H,28-48H2,1H3. The van der Waals surface area contributed by atoms with Crippen molar-refractivity contribution in [2.45, 2.75) is 13.3 Å². The molecule has 444 valence electrons. The lowest BCUT2D eigenvalue weighted by molar-refractivity contribution is -0.00698. The first kappa shape index (κ1) is 59.6. The van der Waals surface area contributed by atoms with E-state index >= 15 is 0 Å². The van der Waals surface area contributed by atoms with Crippen LogP contribution in [-0.2, 0) is 44.3 Å². The summed E-state index contributed by atoms with van der Waals surface area (Å²) in [6, 6.07) is 55.2. The molecule has 0 fully saturated rings. The van der Waals surface area contributed by atoms with Gasteiger partial charge in [-0.1, -0.05) is 78.4 Å². The van der Waals surface area contributed by atoms with Crippen LogP contribution in [0.15, 0.2) is 164 Å². The minimum Gasteiger partial charge on any atom is -0.491 e. The number of rotatable bonds is 19. The molecule has 0 spiro atoms. The number of fused-ring (bicyclic) bond motifs is 5. The van der Waals surface area contributed by atoms with Gasteiger partial charge in [0.05, 0.1) is 145 Å². The summed E-state index contributed by atoms with van der Waals surface area (Å²) in [6.07, 6.45) is 0.657. The summed E-state index contributed by atoms with van der Waals surface area (Å²) in [7, 11) is 0. The maximum Gasteiger partial charge on any atom is 0.128 e. The molecule has 3 aliphatic rings. The van der Waals surface area contributed by atoms with Crippen LogP contribution in [0.4, 0.5) is 0 Å². The Hall–Kier alpha value is -8.16. The molecule has 86 heavy (non-hydrogen) atoms. The minimum absolute atomic E-state index is 0.316. The molecule has 0 saturated heterocycles. The molecule has 16 heteroatoms. The van der Waals surface area contributed by atoms with Gasteiger partial charge in [0.1, 0.15) is 49.4 Å². The van der Waals surface area contributed by atoms with E-state index in [-0.39, 0.29) is 0 Å². The van der Waals surface area contributed by atoms with Crippen LogP contribution in [-0.4, -0.2) is 152 Å². The van der Waals surface area contributed by atoms with E-state index in [9.17, 15) is 0 Å². The summed E-state index contributed by atoms with van der Waals surface area (Å²) < 4.78 is 69.8. The zero-order valence-corrected chi connectivity index (χ0v) is 48.6. The molecule has 13 rings (SSSR count). The molecular weight excluding hydrogens is 1090 g/mol. The average Bonchev–Trinajstić information content (AvgIpc) is 2.11. The predicted octanol–water partition coefficient (Wildman–Crippen LogP) is 12.1. The number of ether oxygens (including phenoxy) is 12. The van der Waals surface area contributed by atoms with Crippen LogP contribution in [0.1, 0.15) is 16.8 Å². The molecule has 10 aromatic rings. The topological polar surface area (TPSA) is 162 Å². The van der Waals surface area contributed by atoms with Crippen molar-refractivity contribution < 1.29 is 56.8 Å². The van der Waals surface area contributed by atoms with Gasteiger partial charge in [-0.3, -0.25) is 4.98 Å². The second-order valence-electron chi connectivity index (χ2n) is 20.5. The fourth-order valence-corrected chi connectivity index (χ4v) is 9.82. The van der Waals surface area contributed by atoms with E-state index in [2.05, 4.69) is 85.8 Å². The highest BCUT2D eigenvalue weighted by Crippen LogP contribution is 2.37. The Balaban J connectivity index is 0.739. The fraction of sp³-hybridized carbons (Fsp3) is 0.314. The summed E-state index contributed by atoms with van der Waals surface area (Å²) in [5, 5.41) is 3.96. The highest BCUT2D eigenvalue weighted by molar-refractivity contribution is 6.05. The van der Waals surface area contributed by atoms with Gasteiger partial charge in [0.25, 0.3) is 0 Å². The number of benzene rings is 6. The van der Waals surface area contributed by atoms with Crippen molar-refractivity contribution >= 4 is 43.6 Å². The number of hydrogen-bond donors (Lipinski definition) is 0. The van der Waals surface area contributed by atoms with Crippen molar-refractivity contribution in [2.75, 3.05) is 132 Å². The lowest BCUT2D eigenvalue weighted by Crippen LogP contribution is -2.14. The number of aryl methyl sites for hydroxylation is 1. The molecule has 0 aliphatic carbocycles. The molecule has 7 heterocycles. The number of nitrogens with zero attached hydrogens (tertiary/aromatic N) is 4. The van der Waals surface area contributed by atoms with Gasteiger partial charge in [-0.15, -0.1) is 0 Å². The first-order chi connectivity index (χ1) is 42.6. The summed E-state index contributed by atoms with van der Waals surface area (Å²) >= 11 is 0. The molecule has 16 nitrogen and oxygen atoms in total. The third-order valence-electron chi connectivity index (χ3n) is 14.3. The molecule has 4 aromatic heterocycles. The highest BCUT2D eigenvalue weighted by atomic mass is 16.6. The van der Waals surface area contributed by atoms with E-state index in [0.717, 1.165) is 106 Å². The van der Waals surface area contributed by atoms with Crippen LogP contribution < -0.4 is 18.9 Å². The first-order valence-electron chi connectivity index (χ1n) is 29.5. The van der Waals surface area contributed by atoms with Gasteiger partial charge < -0.3 is 56.8 Å². The predicted molar refractivity (Wildman–Crippen MR) is 333 cm³/mol. The minimum atomic E-state index is 0.316. The normalized spacial score (nSPS) is 14.0. The van der Waals surface area contributed by atoms with Crippen LogP contribution in [0.25, 0.3) is 77.4 Å². The average molecular weight is 1160 g/mol. The van der Waals surface area contributed by atoms with E-state index in [0.29, 0.717) is 144 Å². The third kappa shape index (κ3) is 16.8. The Morgan fingerprint density at radius 3 is 1.29 bits per heavy atom. The van der Waals surface area contributed by atoms with Crippen LogP contribution in [0.2, 0.25) is 0 Å². The number of aromatic nitrogens is 4. The molecule has 0 amide bonds. The summed E-state index contributed by atoms with van der Waals surface area (Å²) in [4.78, 5) is 21.2. The van der Waals surface area contributed by atoms with Crippen LogP contribution in [0.5, 0.6) is 23.0 Å². The third-order valence-corrected chi connectivity index (χ3v) is 14.3. The van der Waals surface area contributed by atoms with Gasteiger partial charge in [-0.2, -0.15) is 0 Å². The Morgan fingerprint density at radius 1 is 0.349 bits per heavy atom. The lowest BCUT2D eigenvalue weighted by atomic mass is 10.0. The lowest BCUT2D eigenvalue weighted by Gasteiger charge is -2.15. The van der Waals surface area contributed by atoms with E-state index < -0.39 is 0 Å². The molecule has 0 atom stereocenters. The second kappa shape index (κ2) is 31.3. The maximum absolute atomic E-state index is 6.52. The van der Waals surface area contributed by atoms with Gasteiger partial charge in [0.2, 0.25) is 0 Å². The summed E-state index contributed by atoms with van der Waals surface area (Å²) in [6.45, 7) is 11.1. The zero-order valence-electron chi connectivity index (χ0n) is 48.6. The highest BCUT2D eigenvalue weighted by Gasteiger charge is 2.16. The molecule has 8 bridgehead atoms. The van der Waals surface area contributed by atoms with E-state index in [1.54, 1.807) is 0 Å². The van der Waals surface area contributed by atoms with Crippen molar-refractivity contribution in [2.24, 2.45) is 0 Å². The zero-order chi connectivity index (χ0) is 58.4. The van der Waals surface area contributed by atoms with E-state index in [4.69, 9.17) is 76.8 Å². The molecule has 0 N–H and O–H groups in total. The maximum atomic E-state index is 6.52. The summed E-state index contributed by atoms with van der Waals surface area (Å²) in [5.74, 6) is 3.03. The molecule has 3 aliphatic heterocycles. The Labute approximate surface area is 501 Å². The SMILES string of the molecule is Cc1ccc(OCCOCCOCCOCCOCCOc2ccc(-c3ccc4ccc5ccc(-c6cc7ccc6OCCOCCOCCOCCOCCOc6ccc(cc6)Cc6ccc8ccc9ccc-7nc9c8n6)nc5c4n3)cc2)cc1. The van der Waals surface area contributed by atoms with Gasteiger partial charge >= 0.3 is 0 Å². The first-order valence-corrected chi connectivity index (χ1v) is 29.5. The molecule has 6 aromatic carbocycles. The van der Waals surface area contributed by atoms with Crippen molar-refractivity contribution in [1.29, 1.82) is 0 Å².